The zero-order valence-electron chi connectivity index (χ0n) is 15.4. The number of nitrogens with zero attached hydrogens (tertiary/aromatic N) is 6. The molecule has 2 aromatic rings. The van der Waals surface area contributed by atoms with Crippen molar-refractivity contribution in [2.75, 3.05) is 11.9 Å². The largest absolute Gasteiger partial charge is 0.385 e. The van der Waals surface area contributed by atoms with Gasteiger partial charge in [-0.25, -0.2) is 5.01 Å². The van der Waals surface area contributed by atoms with Crippen LogP contribution in [0, 0.1) is 18.3 Å². The van der Waals surface area contributed by atoms with E-state index in [-0.39, 0.29) is 0 Å². The first-order valence-electron chi connectivity index (χ1n) is 8.43. The summed E-state index contributed by atoms with van der Waals surface area (Å²) < 4.78 is 0. The zero-order valence-corrected chi connectivity index (χ0v) is 16.2. The Morgan fingerprint density at radius 2 is 2.26 bits per heavy atom. The van der Waals surface area contributed by atoms with Crippen molar-refractivity contribution in [3.8, 4) is 16.6 Å². The minimum Gasteiger partial charge on any atom is -0.385 e. The molecule has 3 heterocycles. The van der Waals surface area contributed by atoms with E-state index in [1.165, 1.54) is 17.6 Å². The van der Waals surface area contributed by atoms with E-state index >= 15 is 0 Å². The fourth-order valence-electron chi connectivity index (χ4n) is 2.64. The number of rotatable bonds is 5. The number of aryl methyl sites for hydroxylation is 1. The van der Waals surface area contributed by atoms with Gasteiger partial charge >= 0.3 is 0 Å². The number of pyridine rings is 1. The minimum absolute atomic E-state index is 0.468. The van der Waals surface area contributed by atoms with Gasteiger partial charge in [-0.05, 0) is 32.9 Å². The predicted molar refractivity (Wildman–Crippen MR) is 109 cm³/mol. The molecule has 0 unspecified atom stereocenters. The third kappa shape index (κ3) is 3.78. The average Bonchev–Trinajstić information content (AvgIpc) is 3.10. The second-order valence-electron chi connectivity index (χ2n) is 5.70. The van der Waals surface area contributed by atoms with Crippen LogP contribution < -0.4 is 5.32 Å². The molecule has 1 N–H and O–H groups in total. The van der Waals surface area contributed by atoms with Gasteiger partial charge in [0.1, 0.15) is 11.1 Å². The Morgan fingerprint density at radius 3 is 2.85 bits per heavy atom. The molecule has 0 spiro atoms. The van der Waals surface area contributed by atoms with Gasteiger partial charge in [-0.3, -0.25) is 4.98 Å². The molecule has 0 aliphatic carbocycles. The fraction of sp³-hybridized carbons (Fsp3) is 0.211. The molecule has 0 saturated heterocycles. The summed E-state index contributed by atoms with van der Waals surface area (Å²) >= 11 is 1.53. The van der Waals surface area contributed by atoms with Crippen molar-refractivity contribution < 1.29 is 0 Å². The van der Waals surface area contributed by atoms with Crippen molar-refractivity contribution in [3.63, 3.8) is 0 Å². The number of hydrogen-bond donors (Lipinski definition) is 1. The Bertz CT molecular complexity index is 1010. The van der Waals surface area contributed by atoms with Crippen molar-refractivity contribution in [1.29, 1.82) is 5.26 Å². The minimum atomic E-state index is 0.468. The lowest BCUT2D eigenvalue weighted by Gasteiger charge is -2.24. The van der Waals surface area contributed by atoms with Crippen molar-refractivity contribution in [2.24, 2.45) is 5.10 Å². The van der Waals surface area contributed by atoms with Crippen LogP contribution in [0.2, 0.25) is 0 Å². The molecule has 0 saturated carbocycles. The third-order valence-corrected chi connectivity index (χ3v) is 4.70. The summed E-state index contributed by atoms with van der Waals surface area (Å²) in [5, 5.41) is 28.5. The van der Waals surface area contributed by atoms with Crippen LogP contribution >= 0.6 is 11.3 Å². The van der Waals surface area contributed by atoms with Gasteiger partial charge < -0.3 is 5.32 Å². The quantitative estimate of drug-likeness (QED) is 0.848. The lowest BCUT2D eigenvalue weighted by atomic mass is 10.1. The number of nitriles is 1. The highest BCUT2D eigenvalue weighted by Gasteiger charge is 2.19. The molecule has 0 amide bonds. The first kappa shape index (κ1) is 18.5. The number of hydrogen-bond acceptors (Lipinski definition) is 8. The number of allylic oxidation sites excluding steroid dienone is 3. The molecule has 27 heavy (non-hydrogen) atoms. The molecule has 1 aliphatic rings. The Hall–Kier alpha value is -3.31. The van der Waals surface area contributed by atoms with Crippen LogP contribution in [0.1, 0.15) is 24.5 Å². The van der Waals surface area contributed by atoms with Gasteiger partial charge in [0.05, 0.1) is 34.4 Å². The van der Waals surface area contributed by atoms with Crippen molar-refractivity contribution in [1.82, 2.24) is 20.2 Å². The van der Waals surface area contributed by atoms with E-state index in [2.05, 4.69) is 38.2 Å². The maximum absolute atomic E-state index is 9.03. The first-order valence-corrected chi connectivity index (χ1v) is 9.25. The van der Waals surface area contributed by atoms with E-state index in [1.807, 2.05) is 32.9 Å². The van der Waals surface area contributed by atoms with E-state index < -0.39 is 0 Å². The van der Waals surface area contributed by atoms with E-state index in [9.17, 15) is 0 Å². The van der Waals surface area contributed by atoms with Gasteiger partial charge in [0.2, 0.25) is 0 Å². The first-order chi connectivity index (χ1) is 13.1. The van der Waals surface area contributed by atoms with Gasteiger partial charge in [-0.1, -0.05) is 24.0 Å². The summed E-state index contributed by atoms with van der Waals surface area (Å²) in [4.78, 5) is 4.62. The zero-order chi connectivity index (χ0) is 19.4. The van der Waals surface area contributed by atoms with Crippen LogP contribution in [-0.2, 0) is 0 Å². The lowest BCUT2D eigenvalue weighted by Crippen LogP contribution is -2.18. The number of anilines is 1. The Balaban J connectivity index is 2.00. The fourth-order valence-corrected chi connectivity index (χ4v) is 3.35. The van der Waals surface area contributed by atoms with Crippen LogP contribution in [0.5, 0.6) is 0 Å². The van der Waals surface area contributed by atoms with Crippen LogP contribution in [0.25, 0.3) is 16.3 Å². The summed E-state index contributed by atoms with van der Waals surface area (Å²) in [7, 11) is 0. The van der Waals surface area contributed by atoms with Crippen molar-refractivity contribution in [3.05, 3.63) is 53.0 Å². The van der Waals surface area contributed by atoms with E-state index in [0.29, 0.717) is 11.3 Å². The van der Waals surface area contributed by atoms with Crippen LogP contribution in [0.4, 0.5) is 5.69 Å². The summed E-state index contributed by atoms with van der Waals surface area (Å²) in [5.74, 6) is 0. The molecule has 0 atom stereocenters. The lowest BCUT2D eigenvalue weighted by molar-refractivity contribution is 0.537. The Morgan fingerprint density at radius 1 is 1.44 bits per heavy atom. The molecule has 2 aromatic heterocycles. The molecule has 0 radical (unpaired) electrons. The highest BCUT2D eigenvalue weighted by atomic mass is 32.1. The molecule has 0 bridgehead atoms. The van der Waals surface area contributed by atoms with Crippen LogP contribution in [0.3, 0.4) is 0 Å². The molecule has 136 valence electrons. The molecule has 0 aromatic carbocycles. The van der Waals surface area contributed by atoms with Crippen LogP contribution in [-0.4, -0.2) is 32.9 Å². The van der Waals surface area contributed by atoms with Gasteiger partial charge in [-0.2, -0.15) is 10.4 Å². The van der Waals surface area contributed by atoms with Gasteiger partial charge in [-0.15, -0.1) is 10.2 Å². The predicted octanol–water partition coefficient (Wildman–Crippen LogP) is 3.97. The summed E-state index contributed by atoms with van der Waals surface area (Å²) in [5.41, 5.74) is 4.44. The standard InChI is InChI=1S/C19H19N7S/c1-5-18(26-12(3)7-14(9-20)10-23-26)17-8-16(21-6-2)15(11-22-17)19-25-24-13(4)27-19/h5,7-8,10-11H,3,6H2,1-2,4H3,(H,21,22)/b18-5-. The second-order valence-corrected chi connectivity index (χ2v) is 6.89. The van der Waals surface area contributed by atoms with Gasteiger partial charge in [0.25, 0.3) is 0 Å². The van der Waals surface area contributed by atoms with Crippen molar-refractivity contribution in [2.45, 2.75) is 20.8 Å². The molecule has 1 aliphatic heterocycles. The van der Waals surface area contributed by atoms with Gasteiger partial charge in [0.15, 0.2) is 5.01 Å². The van der Waals surface area contributed by atoms with Crippen LogP contribution in [0.15, 0.2) is 47.4 Å². The van der Waals surface area contributed by atoms with E-state index in [1.54, 1.807) is 17.3 Å². The molecule has 8 heteroatoms. The van der Waals surface area contributed by atoms with E-state index in [4.69, 9.17) is 5.26 Å². The molecule has 0 fully saturated rings. The summed E-state index contributed by atoms with van der Waals surface area (Å²) in [6.45, 7) is 10.6. The monoisotopic (exact) mass is 377 g/mol. The number of nitrogens with one attached hydrogen (secondary N) is 1. The average molecular weight is 377 g/mol. The summed E-state index contributed by atoms with van der Waals surface area (Å²) in [6, 6.07) is 4.04. The molecular formula is C19H19N7S. The molecule has 7 nitrogen and oxygen atoms in total. The topological polar surface area (TPSA) is 90.1 Å². The third-order valence-electron chi connectivity index (χ3n) is 3.83. The Kier molecular flexibility index (Phi) is 5.43. The normalized spacial score (nSPS) is 14.1. The Labute approximate surface area is 162 Å². The van der Waals surface area contributed by atoms with Crippen molar-refractivity contribution >= 4 is 28.9 Å². The maximum atomic E-state index is 9.03. The highest BCUT2D eigenvalue weighted by molar-refractivity contribution is 7.14. The highest BCUT2D eigenvalue weighted by Crippen LogP contribution is 2.33. The van der Waals surface area contributed by atoms with Gasteiger partial charge in [0, 0.05) is 18.4 Å². The molecule has 3 rings (SSSR count). The SMILES string of the molecule is C=C1C=C(C#N)C=NN1/C(=C\C)c1cc(NCC)c(-c2nnc(C)s2)cn1. The maximum Gasteiger partial charge on any atom is 0.151 e. The molecular weight excluding hydrogens is 358 g/mol. The number of hydrazone groups is 1. The smallest absolute Gasteiger partial charge is 0.151 e. The van der Waals surface area contributed by atoms with E-state index in [0.717, 1.165) is 39.2 Å². The second kappa shape index (κ2) is 7.93. The number of aromatic nitrogens is 3. The summed E-state index contributed by atoms with van der Waals surface area (Å²) in [6.07, 6.45) is 6.92.